The number of carbonyl (C=O) groups is 2. The van der Waals surface area contributed by atoms with E-state index in [0.29, 0.717) is 12.1 Å². The molecule has 1 saturated heterocycles. The third-order valence-electron chi connectivity index (χ3n) is 6.00. The second-order valence-electron chi connectivity index (χ2n) is 8.44. The van der Waals surface area contributed by atoms with E-state index >= 15 is 0 Å². The van der Waals surface area contributed by atoms with Crippen LogP contribution in [-0.2, 0) is 17.8 Å². The molecule has 1 N–H and O–H groups in total. The summed E-state index contributed by atoms with van der Waals surface area (Å²) in [6, 6.07) is 26.1. The van der Waals surface area contributed by atoms with Gasteiger partial charge in [-0.15, -0.1) is 0 Å². The van der Waals surface area contributed by atoms with Crippen molar-refractivity contribution in [1.82, 2.24) is 10.2 Å². The van der Waals surface area contributed by atoms with E-state index in [1.54, 1.807) is 12.1 Å². The van der Waals surface area contributed by atoms with E-state index in [-0.39, 0.29) is 18.1 Å². The quantitative estimate of drug-likeness (QED) is 0.392. The van der Waals surface area contributed by atoms with Gasteiger partial charge in [-0.3, -0.25) is 14.5 Å². The second kappa shape index (κ2) is 10.9. The van der Waals surface area contributed by atoms with Gasteiger partial charge in [0, 0.05) is 18.7 Å². The smallest absolute Gasteiger partial charge is 0.227 e. The van der Waals surface area contributed by atoms with Crippen molar-refractivity contribution < 1.29 is 9.59 Å². The lowest BCUT2D eigenvalue weighted by atomic mass is 10.0. The molecule has 164 valence electrons. The Balaban J connectivity index is 1.20. The summed E-state index contributed by atoms with van der Waals surface area (Å²) < 4.78 is 0. The highest BCUT2D eigenvalue weighted by atomic mass is 16.2. The van der Waals surface area contributed by atoms with Crippen molar-refractivity contribution in [3.05, 3.63) is 95.6 Å². The predicted molar refractivity (Wildman–Crippen MR) is 128 cm³/mol. The molecule has 3 aromatic rings. The fourth-order valence-corrected chi connectivity index (χ4v) is 4.15. The summed E-state index contributed by atoms with van der Waals surface area (Å²) in [7, 11) is 0. The van der Waals surface area contributed by atoms with Crippen molar-refractivity contribution in [2.75, 3.05) is 19.6 Å². The maximum absolute atomic E-state index is 12.5. The van der Waals surface area contributed by atoms with E-state index in [0.717, 1.165) is 24.1 Å². The molecule has 3 aromatic carbocycles. The van der Waals surface area contributed by atoms with Crippen molar-refractivity contribution in [1.29, 1.82) is 0 Å². The Hall–Kier alpha value is -3.24. The molecule has 0 spiro atoms. The molecule has 0 unspecified atom stereocenters. The van der Waals surface area contributed by atoms with E-state index in [1.807, 2.05) is 42.5 Å². The van der Waals surface area contributed by atoms with Crippen LogP contribution < -0.4 is 5.32 Å². The topological polar surface area (TPSA) is 49.4 Å². The Morgan fingerprint density at radius 1 is 0.750 bits per heavy atom. The van der Waals surface area contributed by atoms with Crippen LogP contribution in [0.25, 0.3) is 11.1 Å². The van der Waals surface area contributed by atoms with Gasteiger partial charge in [0.2, 0.25) is 5.91 Å². The Kier molecular flexibility index (Phi) is 7.47. The average Bonchev–Trinajstić information content (AvgIpc) is 3.34. The molecule has 1 amide bonds. The van der Waals surface area contributed by atoms with Gasteiger partial charge >= 0.3 is 0 Å². The fourth-order valence-electron chi connectivity index (χ4n) is 4.15. The second-order valence-corrected chi connectivity index (χ2v) is 8.44. The number of amides is 1. The Morgan fingerprint density at radius 2 is 1.38 bits per heavy atom. The zero-order valence-corrected chi connectivity index (χ0v) is 18.4. The highest BCUT2D eigenvalue weighted by Gasteiger charge is 2.13. The molecule has 0 bridgehead atoms. The normalized spacial score (nSPS) is 13.8. The Labute approximate surface area is 190 Å². The number of benzene rings is 3. The SMILES string of the molecule is O=C(CC(=O)c1ccc(-c2ccccc2)cc1)NCCc1ccc(CN2CCCC2)cc1. The first-order chi connectivity index (χ1) is 15.7. The van der Waals surface area contributed by atoms with Crippen LogP contribution in [-0.4, -0.2) is 36.2 Å². The minimum Gasteiger partial charge on any atom is -0.355 e. The van der Waals surface area contributed by atoms with E-state index in [1.165, 1.54) is 37.1 Å². The number of hydrogen-bond acceptors (Lipinski definition) is 3. The number of carbonyl (C=O) groups excluding carboxylic acids is 2. The van der Waals surface area contributed by atoms with Gasteiger partial charge in [0.25, 0.3) is 0 Å². The van der Waals surface area contributed by atoms with Gasteiger partial charge in [0.15, 0.2) is 5.78 Å². The van der Waals surface area contributed by atoms with E-state index in [2.05, 4.69) is 34.5 Å². The molecule has 1 fully saturated rings. The van der Waals surface area contributed by atoms with Gasteiger partial charge in [0.1, 0.15) is 0 Å². The molecule has 4 heteroatoms. The average molecular weight is 427 g/mol. The number of nitrogens with one attached hydrogen (secondary N) is 1. The van der Waals surface area contributed by atoms with Crippen molar-refractivity contribution >= 4 is 11.7 Å². The fraction of sp³-hybridized carbons (Fsp3) is 0.286. The van der Waals surface area contributed by atoms with Crippen LogP contribution in [0, 0.1) is 0 Å². The summed E-state index contributed by atoms with van der Waals surface area (Å²) in [4.78, 5) is 27.2. The first kappa shape index (κ1) is 22.0. The van der Waals surface area contributed by atoms with Crippen LogP contribution >= 0.6 is 0 Å². The maximum Gasteiger partial charge on any atom is 0.227 e. The molecular formula is C28H30N2O2. The van der Waals surface area contributed by atoms with Crippen molar-refractivity contribution in [3.63, 3.8) is 0 Å². The highest BCUT2D eigenvalue weighted by molar-refractivity contribution is 6.07. The van der Waals surface area contributed by atoms with Crippen LogP contribution in [0.4, 0.5) is 0 Å². The molecule has 32 heavy (non-hydrogen) atoms. The summed E-state index contributed by atoms with van der Waals surface area (Å²) in [6.45, 7) is 3.95. The predicted octanol–water partition coefficient (Wildman–Crippen LogP) is 4.88. The molecular weight excluding hydrogens is 396 g/mol. The third kappa shape index (κ3) is 6.14. The largest absolute Gasteiger partial charge is 0.355 e. The summed E-state index contributed by atoms with van der Waals surface area (Å²) in [5.41, 5.74) is 5.25. The van der Waals surface area contributed by atoms with Crippen LogP contribution in [0.15, 0.2) is 78.9 Å². The standard InChI is InChI=1S/C28H30N2O2/c31-27(26-14-12-25(13-15-26)24-6-2-1-3-7-24)20-28(32)29-17-16-22-8-10-23(11-9-22)21-30-18-4-5-19-30/h1-3,6-15H,4-5,16-21H2,(H,29,32). The molecule has 1 heterocycles. The molecule has 4 nitrogen and oxygen atoms in total. The summed E-state index contributed by atoms with van der Waals surface area (Å²) in [5, 5.41) is 2.87. The summed E-state index contributed by atoms with van der Waals surface area (Å²) >= 11 is 0. The van der Waals surface area contributed by atoms with Gasteiger partial charge in [0.05, 0.1) is 6.42 Å². The van der Waals surface area contributed by atoms with Crippen molar-refractivity contribution in [3.8, 4) is 11.1 Å². The summed E-state index contributed by atoms with van der Waals surface area (Å²) in [5.74, 6) is -0.388. The van der Waals surface area contributed by atoms with Crippen LogP contribution in [0.1, 0.15) is 40.7 Å². The van der Waals surface area contributed by atoms with Gasteiger partial charge < -0.3 is 5.32 Å². The van der Waals surface area contributed by atoms with Crippen LogP contribution in [0.5, 0.6) is 0 Å². The van der Waals surface area contributed by atoms with Crippen LogP contribution in [0.3, 0.4) is 0 Å². The Bertz CT molecular complexity index is 1020. The van der Waals surface area contributed by atoms with Crippen LogP contribution in [0.2, 0.25) is 0 Å². The zero-order valence-electron chi connectivity index (χ0n) is 18.4. The number of rotatable bonds is 9. The number of likely N-dealkylation sites (tertiary alicyclic amines) is 1. The number of nitrogens with zero attached hydrogens (tertiary/aromatic N) is 1. The van der Waals surface area contributed by atoms with Crippen molar-refractivity contribution in [2.45, 2.75) is 32.2 Å². The van der Waals surface area contributed by atoms with Gasteiger partial charge in [-0.05, 0) is 54.6 Å². The zero-order chi connectivity index (χ0) is 22.2. The lowest BCUT2D eigenvalue weighted by molar-refractivity contribution is -0.120. The van der Waals surface area contributed by atoms with Gasteiger partial charge in [-0.2, -0.15) is 0 Å². The Morgan fingerprint density at radius 3 is 2.06 bits per heavy atom. The highest BCUT2D eigenvalue weighted by Crippen LogP contribution is 2.19. The van der Waals surface area contributed by atoms with Crippen molar-refractivity contribution in [2.24, 2.45) is 0 Å². The van der Waals surface area contributed by atoms with E-state index < -0.39 is 0 Å². The minimum atomic E-state index is -0.229. The molecule has 4 rings (SSSR count). The summed E-state index contributed by atoms with van der Waals surface area (Å²) in [6.07, 6.45) is 3.24. The van der Waals surface area contributed by atoms with E-state index in [4.69, 9.17) is 0 Å². The minimum absolute atomic E-state index is 0.126. The first-order valence-electron chi connectivity index (χ1n) is 11.4. The third-order valence-corrected chi connectivity index (χ3v) is 6.00. The van der Waals surface area contributed by atoms with E-state index in [9.17, 15) is 9.59 Å². The molecule has 0 saturated carbocycles. The molecule has 1 aliphatic rings. The molecule has 0 radical (unpaired) electrons. The van der Waals surface area contributed by atoms with Gasteiger partial charge in [-0.1, -0.05) is 78.9 Å². The lowest BCUT2D eigenvalue weighted by Gasteiger charge is -2.14. The first-order valence-corrected chi connectivity index (χ1v) is 11.4. The molecule has 0 aromatic heterocycles. The number of Topliss-reactive ketones (excluding diaryl/α,β-unsaturated/α-hetero) is 1. The molecule has 0 aliphatic carbocycles. The maximum atomic E-state index is 12.5. The molecule has 0 atom stereocenters. The lowest BCUT2D eigenvalue weighted by Crippen LogP contribution is -2.27. The molecule has 1 aliphatic heterocycles. The monoisotopic (exact) mass is 426 g/mol. The number of ketones is 1. The number of hydrogen-bond donors (Lipinski definition) is 1. The van der Waals surface area contributed by atoms with Gasteiger partial charge in [-0.25, -0.2) is 0 Å².